The molecule has 1 aliphatic rings. The summed E-state index contributed by atoms with van der Waals surface area (Å²) in [5.41, 5.74) is 2.93. The second-order valence-corrected chi connectivity index (χ2v) is 5.02. The molecular formula is C13H11BrN2O. The fourth-order valence-electron chi connectivity index (χ4n) is 2.33. The number of benzene rings is 1. The quantitative estimate of drug-likeness (QED) is 0.861. The van der Waals surface area contributed by atoms with Gasteiger partial charge in [0.15, 0.2) is 0 Å². The Kier molecular flexibility index (Phi) is 2.33. The van der Waals surface area contributed by atoms with Crippen LogP contribution in [0.4, 0.5) is 5.69 Å². The van der Waals surface area contributed by atoms with E-state index in [0.29, 0.717) is 0 Å². The molecule has 1 amide bonds. The summed E-state index contributed by atoms with van der Waals surface area (Å²) in [6.45, 7) is 0. The smallest absolute Gasteiger partial charge is 0.238 e. The number of halogens is 1. The average Bonchev–Trinajstić information content (AvgIpc) is 2.82. The molecule has 1 aromatic heterocycles. The molecule has 0 radical (unpaired) electrons. The maximum atomic E-state index is 12.1. The molecule has 3 rings (SSSR count). The van der Waals surface area contributed by atoms with Gasteiger partial charge in [-0.3, -0.25) is 4.79 Å². The van der Waals surface area contributed by atoms with Crippen LogP contribution in [0.25, 0.3) is 0 Å². The van der Waals surface area contributed by atoms with Gasteiger partial charge in [-0.05, 0) is 24.3 Å². The van der Waals surface area contributed by atoms with E-state index in [1.54, 1.807) is 0 Å². The average molecular weight is 291 g/mol. The molecule has 0 bridgehead atoms. The van der Waals surface area contributed by atoms with Gasteiger partial charge in [0.05, 0.1) is 0 Å². The zero-order chi connectivity index (χ0) is 12.0. The number of amides is 1. The van der Waals surface area contributed by atoms with E-state index in [0.717, 1.165) is 21.4 Å². The van der Waals surface area contributed by atoms with Crippen LogP contribution in [-0.4, -0.2) is 10.5 Å². The van der Waals surface area contributed by atoms with Crippen molar-refractivity contribution in [3.8, 4) is 0 Å². The number of rotatable bonds is 1. The van der Waals surface area contributed by atoms with E-state index in [-0.39, 0.29) is 11.8 Å². The summed E-state index contributed by atoms with van der Waals surface area (Å²) >= 11 is 3.52. The fourth-order valence-corrected chi connectivity index (χ4v) is 2.93. The first-order valence-corrected chi connectivity index (χ1v) is 6.18. The lowest BCUT2D eigenvalue weighted by Crippen LogP contribution is -2.15. The molecule has 0 fully saturated rings. The Morgan fingerprint density at radius 3 is 2.82 bits per heavy atom. The topological polar surface area (TPSA) is 34.0 Å². The summed E-state index contributed by atoms with van der Waals surface area (Å²) < 4.78 is 2.96. The van der Waals surface area contributed by atoms with Gasteiger partial charge in [-0.1, -0.05) is 22.0 Å². The molecule has 0 saturated heterocycles. The number of aryl methyl sites for hydroxylation is 1. The Morgan fingerprint density at radius 2 is 2.12 bits per heavy atom. The Balaban J connectivity index is 2.21. The number of nitrogens with zero attached hydrogens (tertiary/aromatic N) is 1. The van der Waals surface area contributed by atoms with E-state index in [9.17, 15) is 4.79 Å². The van der Waals surface area contributed by atoms with Crippen molar-refractivity contribution in [1.29, 1.82) is 0 Å². The van der Waals surface area contributed by atoms with Crippen LogP contribution in [0.3, 0.4) is 0 Å². The van der Waals surface area contributed by atoms with Crippen LogP contribution in [0.1, 0.15) is 17.2 Å². The van der Waals surface area contributed by atoms with Crippen LogP contribution in [0.2, 0.25) is 0 Å². The summed E-state index contributed by atoms with van der Waals surface area (Å²) in [6, 6.07) is 9.77. The molecule has 4 heteroatoms. The third-order valence-corrected chi connectivity index (χ3v) is 3.83. The molecule has 2 aromatic rings. The molecule has 0 saturated carbocycles. The van der Waals surface area contributed by atoms with Gasteiger partial charge in [-0.25, -0.2) is 0 Å². The summed E-state index contributed by atoms with van der Waals surface area (Å²) in [6.07, 6.45) is 1.96. The van der Waals surface area contributed by atoms with Gasteiger partial charge in [0.1, 0.15) is 5.92 Å². The molecule has 1 N–H and O–H groups in total. The van der Waals surface area contributed by atoms with E-state index in [1.165, 1.54) is 0 Å². The van der Waals surface area contributed by atoms with Gasteiger partial charge in [0.25, 0.3) is 0 Å². The van der Waals surface area contributed by atoms with Crippen molar-refractivity contribution in [2.75, 3.05) is 5.32 Å². The molecule has 2 heterocycles. The van der Waals surface area contributed by atoms with E-state index in [1.807, 2.05) is 48.1 Å². The highest BCUT2D eigenvalue weighted by Crippen LogP contribution is 2.41. The molecule has 1 aromatic carbocycles. The van der Waals surface area contributed by atoms with E-state index >= 15 is 0 Å². The molecule has 0 aliphatic carbocycles. The highest BCUT2D eigenvalue weighted by atomic mass is 79.9. The number of aromatic nitrogens is 1. The second-order valence-electron chi connectivity index (χ2n) is 4.17. The van der Waals surface area contributed by atoms with Crippen molar-refractivity contribution in [3.05, 3.63) is 52.3 Å². The molecule has 3 nitrogen and oxygen atoms in total. The second kappa shape index (κ2) is 3.74. The summed E-state index contributed by atoms with van der Waals surface area (Å²) in [5, 5.41) is 2.92. The number of hydrogen-bond donors (Lipinski definition) is 1. The van der Waals surface area contributed by atoms with Crippen molar-refractivity contribution in [3.63, 3.8) is 0 Å². The minimum atomic E-state index is -0.222. The van der Waals surface area contributed by atoms with Crippen molar-refractivity contribution < 1.29 is 4.79 Å². The highest BCUT2D eigenvalue weighted by molar-refractivity contribution is 9.10. The summed E-state index contributed by atoms with van der Waals surface area (Å²) in [5.74, 6) is -0.186. The Bertz CT molecular complexity index is 603. The standard InChI is InChI=1S/C13H11BrN2O/c1-16-7-3-6-10(16)12-11-8(14)4-2-5-9(11)15-13(12)17/h2-7,12H,1H3,(H,15,17). The van der Waals surface area contributed by atoms with Crippen LogP contribution in [-0.2, 0) is 11.8 Å². The monoisotopic (exact) mass is 290 g/mol. The molecule has 17 heavy (non-hydrogen) atoms. The SMILES string of the molecule is Cn1cccc1C1C(=O)Nc2cccc(Br)c21. The lowest BCUT2D eigenvalue weighted by Gasteiger charge is -2.11. The first kappa shape index (κ1) is 10.6. The minimum Gasteiger partial charge on any atom is -0.353 e. The predicted octanol–water partition coefficient (Wildman–Crippen LogP) is 2.87. The number of carbonyl (C=O) groups is 1. The maximum Gasteiger partial charge on any atom is 0.238 e. The minimum absolute atomic E-state index is 0.0358. The molecular weight excluding hydrogens is 280 g/mol. The van der Waals surface area contributed by atoms with Gasteiger partial charge in [0, 0.05) is 34.7 Å². The van der Waals surface area contributed by atoms with Crippen LogP contribution in [0.5, 0.6) is 0 Å². The van der Waals surface area contributed by atoms with Crippen LogP contribution < -0.4 is 5.32 Å². The number of carbonyl (C=O) groups excluding carboxylic acids is 1. The Morgan fingerprint density at radius 1 is 1.29 bits per heavy atom. The molecule has 1 aliphatic heterocycles. The van der Waals surface area contributed by atoms with Gasteiger partial charge in [-0.15, -0.1) is 0 Å². The van der Waals surface area contributed by atoms with E-state index in [2.05, 4.69) is 21.2 Å². The van der Waals surface area contributed by atoms with Crippen molar-refractivity contribution in [2.45, 2.75) is 5.92 Å². The number of hydrogen-bond acceptors (Lipinski definition) is 1. The molecule has 86 valence electrons. The van der Waals surface area contributed by atoms with E-state index in [4.69, 9.17) is 0 Å². The lowest BCUT2D eigenvalue weighted by molar-refractivity contribution is -0.116. The van der Waals surface area contributed by atoms with Gasteiger partial charge in [0.2, 0.25) is 5.91 Å². The van der Waals surface area contributed by atoms with Crippen LogP contribution in [0.15, 0.2) is 41.0 Å². The first-order chi connectivity index (χ1) is 8.18. The molecule has 0 spiro atoms. The van der Waals surface area contributed by atoms with Crippen molar-refractivity contribution in [1.82, 2.24) is 4.57 Å². The Hall–Kier alpha value is -1.55. The van der Waals surface area contributed by atoms with Gasteiger partial charge < -0.3 is 9.88 Å². The third kappa shape index (κ3) is 1.52. The van der Waals surface area contributed by atoms with Gasteiger partial charge in [-0.2, -0.15) is 0 Å². The normalized spacial score (nSPS) is 18.0. The largest absolute Gasteiger partial charge is 0.353 e. The Labute approximate surface area is 108 Å². The number of nitrogens with one attached hydrogen (secondary N) is 1. The first-order valence-electron chi connectivity index (χ1n) is 5.39. The van der Waals surface area contributed by atoms with Gasteiger partial charge >= 0.3 is 0 Å². The fraction of sp³-hybridized carbons (Fsp3) is 0.154. The van der Waals surface area contributed by atoms with Crippen molar-refractivity contribution >= 4 is 27.5 Å². The van der Waals surface area contributed by atoms with Crippen LogP contribution in [0, 0.1) is 0 Å². The zero-order valence-corrected chi connectivity index (χ0v) is 10.9. The molecule has 1 unspecified atom stereocenters. The lowest BCUT2D eigenvalue weighted by atomic mass is 9.97. The number of anilines is 1. The van der Waals surface area contributed by atoms with E-state index < -0.39 is 0 Å². The van der Waals surface area contributed by atoms with Crippen molar-refractivity contribution in [2.24, 2.45) is 7.05 Å². The summed E-state index contributed by atoms with van der Waals surface area (Å²) in [4.78, 5) is 12.1. The predicted molar refractivity (Wildman–Crippen MR) is 70.0 cm³/mol. The number of fused-ring (bicyclic) bond motifs is 1. The summed E-state index contributed by atoms with van der Waals surface area (Å²) in [7, 11) is 1.96. The maximum absolute atomic E-state index is 12.1. The molecule has 1 atom stereocenters. The van der Waals surface area contributed by atoms with Crippen LogP contribution >= 0.6 is 15.9 Å². The highest BCUT2D eigenvalue weighted by Gasteiger charge is 2.34. The zero-order valence-electron chi connectivity index (χ0n) is 9.27. The third-order valence-electron chi connectivity index (χ3n) is 3.14.